The summed E-state index contributed by atoms with van der Waals surface area (Å²) < 4.78 is 36.2. The second-order valence-corrected chi connectivity index (χ2v) is 4.96. The van der Waals surface area contributed by atoms with Crippen LogP contribution in [0.4, 0.5) is 12.9 Å². The minimum atomic E-state index is -4.62. The van der Waals surface area contributed by atoms with E-state index >= 15 is 0 Å². The maximum absolute atomic E-state index is 12.1. The van der Waals surface area contributed by atoms with Crippen LogP contribution in [0.3, 0.4) is 0 Å². The average molecular weight is 192 g/mol. The lowest BCUT2D eigenvalue weighted by molar-refractivity contribution is 0.263. The molecule has 1 aliphatic carbocycles. The highest BCUT2D eigenvalue weighted by molar-refractivity contribution is 6.58. The van der Waals surface area contributed by atoms with Gasteiger partial charge in [0.1, 0.15) is 0 Å². The lowest BCUT2D eigenvalue weighted by Crippen LogP contribution is -2.38. The zero-order valence-corrected chi connectivity index (χ0v) is 7.93. The van der Waals surface area contributed by atoms with Crippen molar-refractivity contribution in [3.05, 3.63) is 0 Å². The third-order valence-electron chi connectivity index (χ3n) is 3.66. The van der Waals surface area contributed by atoms with Gasteiger partial charge in [0.2, 0.25) is 0 Å². The third-order valence-corrected chi connectivity index (χ3v) is 3.66. The number of halogens is 3. The van der Waals surface area contributed by atoms with Gasteiger partial charge in [0.05, 0.1) is 0 Å². The Balaban J connectivity index is 1.85. The molecule has 13 heavy (non-hydrogen) atoms. The largest absolute Gasteiger partial charge is 0.492 e. The molecule has 0 radical (unpaired) electrons. The summed E-state index contributed by atoms with van der Waals surface area (Å²) in [6, 6.07) is 0. The zero-order chi connectivity index (χ0) is 9.85. The van der Waals surface area contributed by atoms with Crippen LogP contribution in [0.5, 0.6) is 0 Å². The van der Waals surface area contributed by atoms with Crippen molar-refractivity contribution < 1.29 is 12.9 Å². The van der Waals surface area contributed by atoms with E-state index in [1.165, 1.54) is 0 Å². The Morgan fingerprint density at radius 3 is 2.08 bits per heavy atom. The normalized spacial score (nSPS) is 37.6. The fourth-order valence-electron chi connectivity index (χ4n) is 2.66. The fourth-order valence-corrected chi connectivity index (χ4v) is 2.66. The van der Waals surface area contributed by atoms with Crippen LogP contribution in [0.15, 0.2) is 0 Å². The minimum Gasteiger partial charge on any atom is -0.448 e. The molecular weight excluding hydrogens is 178 g/mol. The van der Waals surface area contributed by atoms with E-state index in [0.717, 1.165) is 0 Å². The van der Waals surface area contributed by atoms with Gasteiger partial charge < -0.3 is 17.8 Å². The number of likely N-dealkylation sites (tertiary alicyclic amines) is 1. The fraction of sp³-hybridized carbons (Fsp3) is 1.00. The van der Waals surface area contributed by atoms with E-state index < -0.39 is 13.4 Å². The maximum atomic E-state index is 12.1. The van der Waals surface area contributed by atoms with Gasteiger partial charge in [-0.15, -0.1) is 0 Å². The number of nitrogens with zero attached hydrogens (tertiary/aromatic N) is 1. The predicted octanol–water partition coefficient (Wildman–Crippen LogP) is 1.96. The summed E-state index contributed by atoms with van der Waals surface area (Å²) in [4.78, 5) is 1.56. The molecular formula is C8H14BF3N-. The van der Waals surface area contributed by atoms with Gasteiger partial charge in [-0.2, -0.15) is 0 Å². The Bertz CT molecular complexity index is 212. The average Bonchev–Trinajstić information content (AvgIpc) is 2.38. The molecule has 0 aromatic carbocycles. The zero-order valence-electron chi connectivity index (χ0n) is 7.93. The van der Waals surface area contributed by atoms with Crippen LogP contribution in [0.1, 0.15) is 13.8 Å². The van der Waals surface area contributed by atoms with Crippen LogP contribution in [-0.4, -0.2) is 31.4 Å². The molecule has 1 saturated carbocycles. The Morgan fingerprint density at radius 2 is 1.69 bits per heavy atom. The number of fused-ring (bicyclic) bond motifs is 1. The van der Waals surface area contributed by atoms with Crippen LogP contribution >= 0.6 is 0 Å². The van der Waals surface area contributed by atoms with Gasteiger partial charge in [-0.3, -0.25) is 0 Å². The third kappa shape index (κ3) is 1.58. The number of piperidine rings is 1. The standard InChI is InChI=1S/C8H14BF3N/c1-8(2)6-3-13(4-7(6)8)5-9(10,11)12/h6-7H,3-5H2,1-2H3/q-1. The van der Waals surface area contributed by atoms with Crippen LogP contribution in [0.25, 0.3) is 0 Å². The van der Waals surface area contributed by atoms with Crippen molar-refractivity contribution in [3.63, 3.8) is 0 Å². The number of rotatable bonds is 2. The molecule has 0 spiro atoms. The van der Waals surface area contributed by atoms with E-state index in [2.05, 4.69) is 13.8 Å². The first kappa shape index (κ1) is 9.37. The molecule has 0 aromatic heterocycles. The van der Waals surface area contributed by atoms with Gasteiger partial charge in [0.25, 0.3) is 0 Å². The van der Waals surface area contributed by atoms with Gasteiger partial charge in [0, 0.05) is 0 Å². The first-order valence-corrected chi connectivity index (χ1v) is 4.74. The monoisotopic (exact) mass is 192 g/mol. The van der Waals surface area contributed by atoms with E-state index in [1.807, 2.05) is 0 Å². The van der Waals surface area contributed by atoms with Gasteiger partial charge in [-0.25, -0.2) is 0 Å². The van der Waals surface area contributed by atoms with E-state index in [4.69, 9.17) is 0 Å². The first-order chi connectivity index (χ1) is 5.81. The smallest absolute Gasteiger partial charge is 0.448 e. The van der Waals surface area contributed by atoms with E-state index in [0.29, 0.717) is 30.3 Å². The van der Waals surface area contributed by atoms with Crippen molar-refractivity contribution in [1.82, 2.24) is 4.90 Å². The minimum absolute atomic E-state index is 0.315. The van der Waals surface area contributed by atoms with Gasteiger partial charge in [-0.05, 0) is 36.8 Å². The number of hydrogen-bond acceptors (Lipinski definition) is 1. The first-order valence-electron chi connectivity index (χ1n) is 4.74. The molecule has 1 saturated heterocycles. The maximum Gasteiger partial charge on any atom is 0.492 e. The number of hydrogen-bond donors (Lipinski definition) is 0. The topological polar surface area (TPSA) is 3.24 Å². The predicted molar refractivity (Wildman–Crippen MR) is 46.3 cm³/mol. The van der Waals surface area contributed by atoms with Crippen LogP contribution < -0.4 is 0 Å². The molecule has 1 aliphatic heterocycles. The molecule has 0 aromatic rings. The lowest BCUT2D eigenvalue weighted by Gasteiger charge is -2.26. The molecule has 1 heterocycles. The van der Waals surface area contributed by atoms with Crippen molar-refractivity contribution >= 4 is 6.98 Å². The van der Waals surface area contributed by atoms with Gasteiger partial charge in [-0.1, -0.05) is 13.8 Å². The van der Waals surface area contributed by atoms with Crippen molar-refractivity contribution in [2.75, 3.05) is 19.5 Å². The SMILES string of the molecule is CC1(C)C2CN(C[B-](F)(F)F)CC21. The highest BCUT2D eigenvalue weighted by Crippen LogP contribution is 2.61. The summed E-state index contributed by atoms with van der Waals surface area (Å²) in [6.45, 7) is 0.983. The summed E-state index contributed by atoms with van der Waals surface area (Å²) in [7, 11) is 0. The molecule has 0 N–H and O–H groups in total. The Kier molecular flexibility index (Phi) is 1.76. The summed E-state index contributed by atoms with van der Waals surface area (Å²) in [5.41, 5.74) is 0.315. The second kappa shape index (κ2) is 2.44. The van der Waals surface area contributed by atoms with Gasteiger partial charge in [0.15, 0.2) is 0 Å². The van der Waals surface area contributed by atoms with Crippen molar-refractivity contribution in [1.29, 1.82) is 0 Å². The lowest BCUT2D eigenvalue weighted by atomic mass is 9.90. The second-order valence-electron chi connectivity index (χ2n) is 4.96. The molecule has 2 rings (SSSR count). The Morgan fingerprint density at radius 1 is 1.23 bits per heavy atom. The molecule has 2 fully saturated rings. The molecule has 2 unspecified atom stereocenters. The molecule has 2 aliphatic rings. The Hall–Kier alpha value is -0.185. The van der Waals surface area contributed by atoms with E-state index in [1.54, 1.807) is 4.90 Å². The van der Waals surface area contributed by atoms with Crippen LogP contribution in [-0.2, 0) is 0 Å². The van der Waals surface area contributed by atoms with Crippen molar-refractivity contribution in [2.24, 2.45) is 17.3 Å². The van der Waals surface area contributed by atoms with E-state index in [-0.39, 0.29) is 0 Å². The molecule has 0 bridgehead atoms. The van der Waals surface area contributed by atoms with Crippen molar-refractivity contribution in [2.45, 2.75) is 13.8 Å². The summed E-state index contributed by atoms with van der Waals surface area (Å²) in [5.74, 6) is 1.04. The molecule has 76 valence electrons. The molecule has 0 amide bonds. The van der Waals surface area contributed by atoms with Crippen molar-refractivity contribution in [3.8, 4) is 0 Å². The highest BCUT2D eigenvalue weighted by atomic mass is 19.4. The molecule has 2 atom stereocenters. The van der Waals surface area contributed by atoms with Crippen LogP contribution in [0, 0.1) is 17.3 Å². The van der Waals surface area contributed by atoms with E-state index in [9.17, 15) is 12.9 Å². The summed E-state index contributed by atoms with van der Waals surface area (Å²) in [5, 5.41) is 0. The Labute approximate surface area is 76.3 Å². The molecule has 1 nitrogen and oxygen atoms in total. The quantitative estimate of drug-likeness (QED) is 0.604. The molecule has 5 heteroatoms. The summed E-state index contributed by atoms with van der Waals surface area (Å²) >= 11 is 0. The van der Waals surface area contributed by atoms with Gasteiger partial charge >= 0.3 is 6.98 Å². The summed E-state index contributed by atoms with van der Waals surface area (Å²) in [6.07, 6.45) is -0.664. The highest BCUT2D eigenvalue weighted by Gasteiger charge is 2.61. The van der Waals surface area contributed by atoms with Crippen LogP contribution in [0.2, 0.25) is 0 Å².